The van der Waals surface area contributed by atoms with Gasteiger partial charge in [-0.05, 0) is 29.3 Å². The molecular formula is C12H11BrN4O3. The minimum atomic E-state index is -0.710. The van der Waals surface area contributed by atoms with E-state index >= 15 is 0 Å². The van der Waals surface area contributed by atoms with Gasteiger partial charge < -0.3 is 4.57 Å². The lowest BCUT2D eigenvalue weighted by atomic mass is 10.3. The number of nitrogens with zero attached hydrogens (tertiary/aromatic N) is 4. The Morgan fingerprint density at radius 2 is 2.10 bits per heavy atom. The lowest BCUT2D eigenvalue weighted by Crippen LogP contribution is -2.13. The van der Waals surface area contributed by atoms with E-state index in [1.807, 2.05) is 6.92 Å². The van der Waals surface area contributed by atoms with Crippen LogP contribution in [0.2, 0.25) is 0 Å². The Kier molecular flexibility index (Phi) is 3.93. The smallest absolute Gasteiger partial charge is 0.300 e. The van der Waals surface area contributed by atoms with Crippen molar-refractivity contribution in [3.8, 4) is 5.82 Å². The third-order valence-corrected chi connectivity index (χ3v) is 3.23. The summed E-state index contributed by atoms with van der Waals surface area (Å²) >= 11 is 3.04. The van der Waals surface area contributed by atoms with Crippen LogP contribution < -0.4 is 5.43 Å². The fourth-order valence-corrected chi connectivity index (χ4v) is 2.14. The summed E-state index contributed by atoms with van der Waals surface area (Å²) < 4.78 is 1.55. The Hall–Kier alpha value is -2.09. The Balaban J connectivity index is 2.67. The Bertz CT molecular complexity index is 742. The van der Waals surface area contributed by atoms with Gasteiger partial charge in [-0.2, -0.15) is 0 Å². The largest absolute Gasteiger partial charge is 0.333 e. The Labute approximate surface area is 122 Å². The van der Waals surface area contributed by atoms with Crippen LogP contribution in [0, 0.1) is 17.0 Å². The van der Waals surface area contributed by atoms with Crippen LogP contribution in [0.5, 0.6) is 0 Å². The number of pyridine rings is 1. The van der Waals surface area contributed by atoms with Gasteiger partial charge in [0, 0.05) is 18.0 Å². The number of rotatable bonds is 3. The Morgan fingerprint density at radius 3 is 2.70 bits per heavy atom. The molecule has 0 bridgehead atoms. The van der Waals surface area contributed by atoms with Gasteiger partial charge in [-0.3, -0.25) is 14.9 Å². The fourth-order valence-electron chi connectivity index (χ4n) is 1.72. The van der Waals surface area contributed by atoms with Crippen molar-refractivity contribution in [2.45, 2.75) is 20.3 Å². The third-order valence-electron chi connectivity index (χ3n) is 2.66. The number of hydrogen-bond donors (Lipinski definition) is 0. The van der Waals surface area contributed by atoms with Gasteiger partial charge in [0.25, 0.3) is 5.43 Å². The predicted molar refractivity (Wildman–Crippen MR) is 76.1 cm³/mol. The zero-order chi connectivity index (χ0) is 14.9. The van der Waals surface area contributed by atoms with Gasteiger partial charge in [0.2, 0.25) is 0 Å². The van der Waals surface area contributed by atoms with Gasteiger partial charge in [0.05, 0.1) is 15.6 Å². The van der Waals surface area contributed by atoms with E-state index < -0.39 is 16.0 Å². The van der Waals surface area contributed by atoms with Crippen molar-refractivity contribution in [1.82, 2.24) is 14.5 Å². The van der Waals surface area contributed by atoms with Crippen LogP contribution in [-0.4, -0.2) is 19.5 Å². The maximum atomic E-state index is 11.6. The van der Waals surface area contributed by atoms with Crippen molar-refractivity contribution in [2.75, 3.05) is 0 Å². The fraction of sp³-hybridized carbons (Fsp3) is 0.250. The van der Waals surface area contributed by atoms with Crippen LogP contribution in [0.4, 0.5) is 5.69 Å². The van der Waals surface area contributed by atoms with Gasteiger partial charge in [0.1, 0.15) is 11.6 Å². The average molecular weight is 339 g/mol. The van der Waals surface area contributed by atoms with Crippen LogP contribution in [0.3, 0.4) is 0 Å². The zero-order valence-electron chi connectivity index (χ0n) is 10.8. The number of nitro groups is 1. The molecule has 104 valence electrons. The lowest BCUT2D eigenvalue weighted by Gasteiger charge is -2.08. The minimum absolute atomic E-state index is 0.112. The molecule has 0 saturated heterocycles. The predicted octanol–water partition coefficient (Wildman–Crippen LogP) is 2.17. The molecule has 0 fully saturated rings. The molecule has 7 nitrogen and oxygen atoms in total. The molecule has 2 aromatic heterocycles. The molecule has 0 N–H and O–H groups in total. The van der Waals surface area contributed by atoms with Gasteiger partial charge in [-0.1, -0.05) is 6.92 Å². The van der Waals surface area contributed by atoms with Crippen molar-refractivity contribution in [3.05, 3.63) is 54.8 Å². The van der Waals surface area contributed by atoms with E-state index in [2.05, 4.69) is 25.9 Å². The zero-order valence-corrected chi connectivity index (χ0v) is 12.4. The maximum Gasteiger partial charge on any atom is 0.333 e. The van der Waals surface area contributed by atoms with Crippen molar-refractivity contribution in [3.63, 3.8) is 0 Å². The molecule has 0 aromatic carbocycles. The second-order valence-corrected chi connectivity index (χ2v) is 4.96. The molecule has 0 aliphatic carbocycles. The first kappa shape index (κ1) is 14.3. The van der Waals surface area contributed by atoms with Crippen LogP contribution >= 0.6 is 15.9 Å². The molecule has 0 aliphatic heterocycles. The second kappa shape index (κ2) is 5.49. The molecule has 0 unspecified atom stereocenters. The first-order chi connectivity index (χ1) is 9.42. The van der Waals surface area contributed by atoms with E-state index in [9.17, 15) is 14.9 Å². The van der Waals surface area contributed by atoms with Crippen molar-refractivity contribution in [1.29, 1.82) is 0 Å². The van der Waals surface area contributed by atoms with E-state index in [1.54, 1.807) is 13.0 Å². The van der Waals surface area contributed by atoms with Crippen LogP contribution in [0.15, 0.2) is 27.7 Å². The summed E-state index contributed by atoms with van der Waals surface area (Å²) in [5.41, 5.74) is -0.341. The number of halogens is 1. The first-order valence-electron chi connectivity index (χ1n) is 5.83. The molecule has 20 heavy (non-hydrogen) atoms. The maximum absolute atomic E-state index is 11.6. The monoisotopic (exact) mass is 338 g/mol. The summed E-state index contributed by atoms with van der Waals surface area (Å²) in [6.45, 7) is 3.70. The lowest BCUT2D eigenvalue weighted by molar-refractivity contribution is -0.386. The van der Waals surface area contributed by atoms with E-state index in [0.29, 0.717) is 11.6 Å². The number of hydrogen-bond acceptors (Lipinski definition) is 5. The van der Waals surface area contributed by atoms with Gasteiger partial charge in [-0.25, -0.2) is 9.97 Å². The summed E-state index contributed by atoms with van der Waals surface area (Å²) in [6.07, 6.45) is 3.34. The average Bonchev–Trinajstić information content (AvgIpc) is 2.40. The highest BCUT2D eigenvalue weighted by atomic mass is 79.9. The van der Waals surface area contributed by atoms with E-state index in [1.165, 1.54) is 10.8 Å². The quantitative estimate of drug-likeness (QED) is 0.631. The molecule has 2 heterocycles. The van der Waals surface area contributed by atoms with Gasteiger partial charge in [-0.15, -0.1) is 0 Å². The van der Waals surface area contributed by atoms with Crippen LogP contribution in [0.1, 0.15) is 18.4 Å². The number of aryl methyl sites for hydroxylation is 2. The molecule has 8 heteroatoms. The summed E-state index contributed by atoms with van der Waals surface area (Å²) in [6, 6.07) is 1.73. The third kappa shape index (κ3) is 2.74. The molecule has 0 spiro atoms. The van der Waals surface area contributed by atoms with Crippen molar-refractivity contribution in [2.24, 2.45) is 0 Å². The summed E-state index contributed by atoms with van der Waals surface area (Å²) in [4.78, 5) is 30.3. The molecular weight excluding hydrogens is 328 g/mol. The highest BCUT2D eigenvalue weighted by molar-refractivity contribution is 9.10. The van der Waals surface area contributed by atoms with Gasteiger partial charge in [0.15, 0.2) is 0 Å². The summed E-state index contributed by atoms with van der Waals surface area (Å²) in [5.74, 6) is 1.05. The summed E-state index contributed by atoms with van der Waals surface area (Å²) in [7, 11) is 0. The standard InChI is InChI=1S/C12H11BrN4O3/c1-3-8-4-11(15-7(2)14-8)16-5-9(13)12(18)10(6-16)17(19)20/h4-6H,3H2,1-2H3. The molecule has 2 aromatic rings. The summed E-state index contributed by atoms with van der Waals surface area (Å²) in [5, 5.41) is 10.9. The Morgan fingerprint density at radius 1 is 1.40 bits per heavy atom. The molecule has 0 radical (unpaired) electrons. The molecule has 0 aliphatic rings. The highest BCUT2D eigenvalue weighted by Gasteiger charge is 2.17. The molecule has 0 amide bonds. The van der Waals surface area contributed by atoms with E-state index in [4.69, 9.17) is 0 Å². The van der Waals surface area contributed by atoms with Crippen molar-refractivity contribution < 1.29 is 4.92 Å². The first-order valence-corrected chi connectivity index (χ1v) is 6.62. The topological polar surface area (TPSA) is 90.9 Å². The normalized spacial score (nSPS) is 10.6. The van der Waals surface area contributed by atoms with Gasteiger partial charge >= 0.3 is 5.69 Å². The molecule has 0 saturated carbocycles. The number of aromatic nitrogens is 3. The van der Waals surface area contributed by atoms with Crippen LogP contribution in [0.25, 0.3) is 5.82 Å². The molecule has 2 rings (SSSR count). The van der Waals surface area contributed by atoms with E-state index in [-0.39, 0.29) is 4.47 Å². The highest BCUT2D eigenvalue weighted by Crippen LogP contribution is 2.15. The van der Waals surface area contributed by atoms with Crippen LogP contribution in [-0.2, 0) is 6.42 Å². The minimum Gasteiger partial charge on any atom is -0.300 e. The van der Waals surface area contributed by atoms with Crippen molar-refractivity contribution >= 4 is 21.6 Å². The molecule has 0 atom stereocenters. The van der Waals surface area contributed by atoms with E-state index in [0.717, 1.165) is 18.3 Å². The second-order valence-electron chi connectivity index (χ2n) is 4.10. The SMILES string of the molecule is CCc1cc(-n2cc(Br)c(=O)c([N+](=O)[O-])c2)nc(C)n1.